The highest BCUT2D eigenvalue weighted by atomic mass is 28.1. The normalized spacial score (nSPS) is 22.2. The third-order valence-electron chi connectivity index (χ3n) is 2.38. The lowest BCUT2D eigenvalue weighted by Crippen LogP contribution is -2.10. The molecule has 12 heavy (non-hydrogen) atoms. The molecule has 0 saturated heterocycles. The van der Waals surface area contributed by atoms with Gasteiger partial charge in [0.15, 0.2) is 0 Å². The summed E-state index contributed by atoms with van der Waals surface area (Å²) in [6.07, 6.45) is 17.4. The van der Waals surface area contributed by atoms with E-state index in [0.717, 1.165) is 0 Å². The fourth-order valence-corrected chi connectivity index (χ4v) is 2.08. The van der Waals surface area contributed by atoms with Crippen molar-refractivity contribution in [2.45, 2.75) is 5.54 Å². The quantitative estimate of drug-likeness (QED) is 0.560. The molecule has 2 rings (SSSR count). The molecule has 0 unspecified atom stereocenters. The summed E-state index contributed by atoms with van der Waals surface area (Å²) >= 11 is 0. The lowest BCUT2D eigenvalue weighted by Gasteiger charge is -2.19. The van der Waals surface area contributed by atoms with Gasteiger partial charge in [-0.3, -0.25) is 0 Å². The number of allylic oxidation sites excluding steroid dienone is 8. The van der Waals surface area contributed by atoms with E-state index in [1.165, 1.54) is 0 Å². The van der Waals surface area contributed by atoms with E-state index < -0.39 is 0 Å². The van der Waals surface area contributed by atoms with Crippen LogP contribution < -0.4 is 0 Å². The van der Waals surface area contributed by atoms with E-state index in [4.69, 9.17) is 0 Å². The molecule has 59 valence electrons. The van der Waals surface area contributed by atoms with Crippen LogP contribution in [-0.4, -0.2) is 10.2 Å². The minimum Gasteiger partial charge on any atom is -0.0776 e. The Hall–Kier alpha value is -0.823. The van der Waals surface area contributed by atoms with Crippen molar-refractivity contribution in [1.29, 1.82) is 0 Å². The fraction of sp³-hybridized carbons (Fsp3) is 0.273. The molecule has 0 heterocycles. The van der Waals surface area contributed by atoms with Crippen LogP contribution in [0.15, 0.2) is 48.6 Å². The highest BCUT2D eigenvalue weighted by Crippen LogP contribution is 2.32. The van der Waals surface area contributed by atoms with Crippen LogP contribution in [0.4, 0.5) is 0 Å². The third kappa shape index (κ3) is 1.37. The van der Waals surface area contributed by atoms with Crippen LogP contribution in [0.1, 0.15) is 0 Å². The molecule has 0 aromatic carbocycles. The average molecular weight is 171 g/mol. The van der Waals surface area contributed by atoms with Crippen LogP contribution in [0, 0.1) is 11.8 Å². The molecule has 0 atom stereocenters. The minimum absolute atomic E-state index is 0.509. The largest absolute Gasteiger partial charge is 0.0776 e. The van der Waals surface area contributed by atoms with Gasteiger partial charge in [0, 0.05) is 10.2 Å². The van der Waals surface area contributed by atoms with Gasteiger partial charge in [-0.1, -0.05) is 48.6 Å². The van der Waals surface area contributed by atoms with Crippen LogP contribution >= 0.6 is 0 Å². The Morgan fingerprint density at radius 1 is 0.750 bits per heavy atom. The first kappa shape index (κ1) is 7.81. The maximum Gasteiger partial charge on any atom is 0.0291 e. The lowest BCUT2D eigenvalue weighted by atomic mass is 9.96. The van der Waals surface area contributed by atoms with Crippen LogP contribution in [-0.2, 0) is 0 Å². The molecule has 0 amide bonds. The Morgan fingerprint density at radius 2 is 1.08 bits per heavy atom. The Morgan fingerprint density at radius 3 is 1.42 bits per heavy atom. The second-order valence-corrected chi connectivity index (χ2v) is 3.89. The molecule has 3 radical (unpaired) electrons. The molecule has 0 bridgehead atoms. The zero-order valence-corrected chi connectivity index (χ0v) is 7.85. The van der Waals surface area contributed by atoms with Crippen LogP contribution in [0.3, 0.4) is 0 Å². The molecule has 2 aliphatic rings. The van der Waals surface area contributed by atoms with Crippen molar-refractivity contribution >= 4 is 10.2 Å². The molecule has 0 saturated carbocycles. The number of rotatable bonds is 2. The second-order valence-electron chi connectivity index (χ2n) is 3.22. The molecule has 2 aliphatic carbocycles. The van der Waals surface area contributed by atoms with Gasteiger partial charge in [-0.2, -0.15) is 0 Å². The van der Waals surface area contributed by atoms with Gasteiger partial charge < -0.3 is 0 Å². The summed E-state index contributed by atoms with van der Waals surface area (Å²) in [4.78, 5) is 0. The maximum absolute atomic E-state index is 3.78. The van der Waals surface area contributed by atoms with Gasteiger partial charge in [0.25, 0.3) is 0 Å². The van der Waals surface area contributed by atoms with E-state index in [1.807, 2.05) is 0 Å². The minimum atomic E-state index is 0.509. The zero-order valence-electron chi connectivity index (χ0n) is 6.85. The molecule has 0 fully saturated rings. The zero-order chi connectivity index (χ0) is 8.39. The van der Waals surface area contributed by atoms with Gasteiger partial charge in [-0.15, -0.1) is 0 Å². The topological polar surface area (TPSA) is 0 Å². The van der Waals surface area contributed by atoms with Crippen LogP contribution in [0.5, 0.6) is 0 Å². The summed E-state index contributed by atoms with van der Waals surface area (Å²) in [5.41, 5.74) is 0.509. The molecule has 0 N–H and O–H groups in total. The predicted molar refractivity (Wildman–Crippen MR) is 53.0 cm³/mol. The van der Waals surface area contributed by atoms with Crippen molar-refractivity contribution in [3.8, 4) is 0 Å². The number of hydrogen-bond donors (Lipinski definition) is 0. The van der Waals surface area contributed by atoms with Gasteiger partial charge in [0.05, 0.1) is 0 Å². The smallest absolute Gasteiger partial charge is 0.0291 e. The Labute approximate surface area is 76.8 Å². The Balaban J connectivity index is 2.04. The molecule has 0 spiro atoms. The van der Waals surface area contributed by atoms with Crippen molar-refractivity contribution in [3.63, 3.8) is 0 Å². The summed E-state index contributed by atoms with van der Waals surface area (Å²) in [5, 5.41) is 0. The molecule has 0 aromatic rings. The van der Waals surface area contributed by atoms with Gasteiger partial charge in [0.2, 0.25) is 0 Å². The maximum atomic E-state index is 3.78. The van der Waals surface area contributed by atoms with Gasteiger partial charge >= 0.3 is 0 Å². The molecule has 1 heteroatoms. The van der Waals surface area contributed by atoms with Crippen molar-refractivity contribution < 1.29 is 0 Å². The summed E-state index contributed by atoms with van der Waals surface area (Å²) in [6, 6.07) is 0. The number of hydrogen-bond acceptors (Lipinski definition) is 0. The van der Waals surface area contributed by atoms with Crippen molar-refractivity contribution in [3.05, 3.63) is 48.6 Å². The van der Waals surface area contributed by atoms with Crippen molar-refractivity contribution in [2.75, 3.05) is 0 Å². The third-order valence-corrected chi connectivity index (χ3v) is 3.15. The first-order valence-corrected chi connectivity index (χ1v) is 4.87. The van der Waals surface area contributed by atoms with E-state index in [2.05, 4.69) is 58.9 Å². The lowest BCUT2D eigenvalue weighted by molar-refractivity contribution is 0.634. The predicted octanol–water partition coefficient (Wildman–Crippen LogP) is 2.43. The Kier molecular flexibility index (Phi) is 2.13. The van der Waals surface area contributed by atoms with E-state index in [9.17, 15) is 0 Å². The molecule has 0 aliphatic heterocycles. The molecular formula is C11H11Si. The van der Waals surface area contributed by atoms with E-state index >= 15 is 0 Å². The molecular weight excluding hydrogens is 160 g/mol. The molecule has 0 nitrogen and oxygen atoms in total. The average Bonchev–Trinajstić information content (AvgIpc) is 2.77. The van der Waals surface area contributed by atoms with Gasteiger partial charge in [0.1, 0.15) is 0 Å². The van der Waals surface area contributed by atoms with E-state index in [1.54, 1.807) is 0 Å². The van der Waals surface area contributed by atoms with Gasteiger partial charge in [-0.05, 0) is 17.4 Å². The summed E-state index contributed by atoms with van der Waals surface area (Å²) in [5.74, 6) is 1.11. The summed E-state index contributed by atoms with van der Waals surface area (Å²) < 4.78 is 0. The second kappa shape index (κ2) is 3.28. The van der Waals surface area contributed by atoms with Gasteiger partial charge in [-0.25, -0.2) is 0 Å². The van der Waals surface area contributed by atoms with E-state index in [-0.39, 0.29) is 0 Å². The fourth-order valence-electron chi connectivity index (χ4n) is 1.63. The molecule has 0 aromatic heterocycles. The van der Waals surface area contributed by atoms with E-state index in [0.29, 0.717) is 17.4 Å². The highest BCUT2D eigenvalue weighted by molar-refractivity contribution is 6.12. The first-order chi connectivity index (χ1) is 5.88. The SMILES string of the molecule is [Si]C(C1C=CC=C1)C1C=CC=C1. The van der Waals surface area contributed by atoms with Crippen LogP contribution in [0.25, 0.3) is 0 Å². The first-order valence-electron chi connectivity index (χ1n) is 4.29. The highest BCUT2D eigenvalue weighted by Gasteiger charge is 2.20. The Bertz CT molecular complexity index is 219. The summed E-state index contributed by atoms with van der Waals surface area (Å²) in [7, 11) is 3.78. The van der Waals surface area contributed by atoms with Crippen molar-refractivity contribution in [2.24, 2.45) is 11.8 Å². The summed E-state index contributed by atoms with van der Waals surface area (Å²) in [6.45, 7) is 0. The van der Waals surface area contributed by atoms with Crippen molar-refractivity contribution in [1.82, 2.24) is 0 Å². The monoisotopic (exact) mass is 171 g/mol. The standard InChI is InChI=1S/C11H11Si/c12-11(9-5-1-2-6-9)10-7-3-4-8-10/h1-11H. The van der Waals surface area contributed by atoms with Crippen LogP contribution in [0.2, 0.25) is 5.54 Å².